The van der Waals surface area contributed by atoms with E-state index in [1.165, 1.54) is 14.2 Å². The highest BCUT2D eigenvalue weighted by Gasteiger charge is 2.29. The third-order valence-corrected chi connectivity index (χ3v) is 3.06. The van der Waals surface area contributed by atoms with E-state index in [1.54, 1.807) is 0 Å². The molecule has 0 heterocycles. The summed E-state index contributed by atoms with van der Waals surface area (Å²) in [7, 11) is 2.62. The minimum absolute atomic E-state index is 0.185. The molecule has 0 radical (unpaired) electrons. The fraction of sp³-hybridized carbons (Fsp3) is 0.750. The van der Waals surface area contributed by atoms with Crippen LogP contribution in [-0.2, 0) is 23.9 Å². The molecule has 0 aromatic heterocycles. The largest absolute Gasteiger partial charge is 0.469 e. The number of aldehydes is 1. The maximum Gasteiger partial charge on any atom is 0.305 e. The maximum atomic E-state index is 11.2. The van der Waals surface area contributed by atoms with Gasteiger partial charge in [0.1, 0.15) is 6.29 Å². The van der Waals surface area contributed by atoms with Crippen molar-refractivity contribution < 1.29 is 23.9 Å². The number of hydrogen-bond donors (Lipinski definition) is 0. The van der Waals surface area contributed by atoms with Crippen LogP contribution >= 0.6 is 0 Å². The topological polar surface area (TPSA) is 69.7 Å². The van der Waals surface area contributed by atoms with Gasteiger partial charge in [-0.05, 0) is 19.3 Å². The number of ether oxygens (including phenoxy) is 2. The molecule has 0 rings (SSSR count). The molecular weight excluding hydrogens is 224 g/mol. The molecule has 5 heteroatoms. The van der Waals surface area contributed by atoms with Crippen molar-refractivity contribution in [2.75, 3.05) is 14.2 Å². The predicted octanol–water partition coefficient (Wildman–Crippen LogP) is 1.49. The zero-order chi connectivity index (χ0) is 13.3. The standard InChI is InChI=1S/C12H20O5/c1-4-12(9-13,7-5-10(14)16-2)8-6-11(15)17-3/h9H,4-8H2,1-3H3. The molecule has 0 saturated carbocycles. The summed E-state index contributed by atoms with van der Waals surface area (Å²) in [6.07, 6.45) is 2.59. The van der Waals surface area contributed by atoms with Crippen molar-refractivity contribution in [1.82, 2.24) is 0 Å². The van der Waals surface area contributed by atoms with Gasteiger partial charge in [0.15, 0.2) is 0 Å². The molecule has 0 N–H and O–H groups in total. The third-order valence-electron chi connectivity index (χ3n) is 3.06. The van der Waals surface area contributed by atoms with Crippen LogP contribution in [0.5, 0.6) is 0 Å². The highest BCUT2D eigenvalue weighted by Crippen LogP contribution is 2.31. The highest BCUT2D eigenvalue weighted by atomic mass is 16.5. The van der Waals surface area contributed by atoms with Gasteiger partial charge in [-0.2, -0.15) is 0 Å². The van der Waals surface area contributed by atoms with Crippen LogP contribution in [0.1, 0.15) is 39.0 Å². The molecule has 98 valence electrons. The number of carbonyl (C=O) groups is 3. The van der Waals surface area contributed by atoms with Gasteiger partial charge in [0.25, 0.3) is 0 Å². The normalized spacial score (nSPS) is 10.8. The first-order chi connectivity index (χ1) is 8.03. The molecule has 0 saturated heterocycles. The Kier molecular flexibility index (Phi) is 7.18. The van der Waals surface area contributed by atoms with E-state index in [1.807, 2.05) is 6.92 Å². The van der Waals surface area contributed by atoms with Crippen LogP contribution in [0.2, 0.25) is 0 Å². The minimum Gasteiger partial charge on any atom is -0.469 e. The van der Waals surface area contributed by atoms with Gasteiger partial charge in [-0.1, -0.05) is 6.92 Å². The van der Waals surface area contributed by atoms with E-state index in [-0.39, 0.29) is 24.8 Å². The Morgan fingerprint density at radius 1 is 1.06 bits per heavy atom. The van der Waals surface area contributed by atoms with Gasteiger partial charge in [0, 0.05) is 18.3 Å². The lowest BCUT2D eigenvalue weighted by molar-refractivity contribution is -0.141. The second-order valence-corrected chi connectivity index (χ2v) is 3.99. The molecule has 0 aromatic rings. The number of rotatable bonds is 8. The molecule has 0 amide bonds. The van der Waals surface area contributed by atoms with Crippen LogP contribution in [-0.4, -0.2) is 32.4 Å². The van der Waals surface area contributed by atoms with Crippen molar-refractivity contribution in [3.05, 3.63) is 0 Å². The fourth-order valence-electron chi connectivity index (χ4n) is 1.59. The summed E-state index contributed by atoms with van der Waals surface area (Å²) in [6.45, 7) is 1.86. The molecule has 0 unspecified atom stereocenters. The van der Waals surface area contributed by atoms with Crippen LogP contribution in [0, 0.1) is 5.41 Å². The van der Waals surface area contributed by atoms with E-state index >= 15 is 0 Å². The molecule has 0 aliphatic rings. The van der Waals surface area contributed by atoms with E-state index in [2.05, 4.69) is 9.47 Å². The average Bonchev–Trinajstić information content (AvgIpc) is 2.38. The summed E-state index contributed by atoms with van der Waals surface area (Å²) in [4.78, 5) is 33.3. The third kappa shape index (κ3) is 5.47. The zero-order valence-electron chi connectivity index (χ0n) is 10.7. The number of carbonyl (C=O) groups excluding carboxylic acids is 3. The van der Waals surface area contributed by atoms with Gasteiger partial charge in [-0.15, -0.1) is 0 Å². The first-order valence-corrected chi connectivity index (χ1v) is 5.63. The summed E-state index contributed by atoms with van der Waals surface area (Å²) < 4.78 is 9.07. The first kappa shape index (κ1) is 15.6. The van der Waals surface area contributed by atoms with Crippen molar-refractivity contribution in [2.24, 2.45) is 5.41 Å². The van der Waals surface area contributed by atoms with Crippen LogP contribution < -0.4 is 0 Å². The van der Waals surface area contributed by atoms with Gasteiger partial charge in [0.2, 0.25) is 0 Å². The summed E-state index contributed by atoms with van der Waals surface area (Å²) >= 11 is 0. The SMILES string of the molecule is CCC(C=O)(CCC(=O)OC)CCC(=O)OC. The smallest absolute Gasteiger partial charge is 0.305 e. The maximum absolute atomic E-state index is 11.2. The molecule has 0 bridgehead atoms. The van der Waals surface area contributed by atoms with Crippen molar-refractivity contribution in [3.63, 3.8) is 0 Å². The molecule has 0 aliphatic heterocycles. The van der Waals surface area contributed by atoms with Gasteiger partial charge in [-0.3, -0.25) is 9.59 Å². The quantitative estimate of drug-likeness (QED) is 0.478. The molecular formula is C12H20O5. The molecule has 17 heavy (non-hydrogen) atoms. The number of hydrogen-bond acceptors (Lipinski definition) is 5. The molecule has 0 fully saturated rings. The summed E-state index contributed by atoms with van der Waals surface area (Å²) in [6, 6.07) is 0. The van der Waals surface area contributed by atoms with Gasteiger partial charge < -0.3 is 14.3 Å². The Morgan fingerprint density at radius 3 is 1.71 bits per heavy atom. The van der Waals surface area contributed by atoms with Crippen LogP contribution in [0.4, 0.5) is 0 Å². The Hall–Kier alpha value is -1.39. The molecule has 0 aromatic carbocycles. The van der Waals surface area contributed by atoms with Crippen molar-refractivity contribution >= 4 is 18.2 Å². The molecule has 5 nitrogen and oxygen atoms in total. The van der Waals surface area contributed by atoms with E-state index in [0.717, 1.165) is 6.29 Å². The second-order valence-electron chi connectivity index (χ2n) is 3.99. The molecule has 0 atom stereocenters. The molecule has 0 spiro atoms. The van der Waals surface area contributed by atoms with Crippen LogP contribution in [0.15, 0.2) is 0 Å². The van der Waals surface area contributed by atoms with Crippen molar-refractivity contribution in [3.8, 4) is 0 Å². The van der Waals surface area contributed by atoms with Gasteiger partial charge in [0.05, 0.1) is 14.2 Å². The molecule has 0 aliphatic carbocycles. The Balaban J connectivity index is 4.39. The Bertz CT molecular complexity index is 252. The lowest BCUT2D eigenvalue weighted by Gasteiger charge is -2.25. The number of esters is 2. The van der Waals surface area contributed by atoms with Crippen LogP contribution in [0.3, 0.4) is 0 Å². The van der Waals surface area contributed by atoms with E-state index in [4.69, 9.17) is 0 Å². The van der Waals surface area contributed by atoms with Crippen LogP contribution in [0.25, 0.3) is 0 Å². The second kappa shape index (κ2) is 7.81. The predicted molar refractivity (Wildman–Crippen MR) is 61.3 cm³/mol. The Labute approximate surface area is 101 Å². The Morgan fingerprint density at radius 2 is 1.47 bits per heavy atom. The lowest BCUT2D eigenvalue weighted by Crippen LogP contribution is -2.24. The average molecular weight is 244 g/mol. The first-order valence-electron chi connectivity index (χ1n) is 5.63. The van der Waals surface area contributed by atoms with E-state index in [0.29, 0.717) is 19.3 Å². The van der Waals surface area contributed by atoms with E-state index in [9.17, 15) is 14.4 Å². The van der Waals surface area contributed by atoms with Gasteiger partial charge >= 0.3 is 11.9 Å². The van der Waals surface area contributed by atoms with Crippen molar-refractivity contribution in [1.29, 1.82) is 0 Å². The van der Waals surface area contributed by atoms with Crippen molar-refractivity contribution in [2.45, 2.75) is 39.0 Å². The summed E-state index contributed by atoms with van der Waals surface area (Å²) in [5, 5.41) is 0. The number of methoxy groups -OCH3 is 2. The lowest BCUT2D eigenvalue weighted by atomic mass is 9.78. The van der Waals surface area contributed by atoms with E-state index < -0.39 is 5.41 Å². The highest BCUT2D eigenvalue weighted by molar-refractivity contribution is 5.72. The monoisotopic (exact) mass is 244 g/mol. The van der Waals surface area contributed by atoms with Gasteiger partial charge in [-0.25, -0.2) is 0 Å². The zero-order valence-corrected chi connectivity index (χ0v) is 10.7. The fourth-order valence-corrected chi connectivity index (χ4v) is 1.59. The minimum atomic E-state index is -0.637. The summed E-state index contributed by atoms with van der Waals surface area (Å²) in [5.74, 6) is -0.689. The summed E-state index contributed by atoms with van der Waals surface area (Å²) in [5.41, 5.74) is -0.637.